The van der Waals surface area contributed by atoms with Crippen LogP contribution in [0, 0.1) is 0 Å². The molecule has 0 fully saturated rings. The normalized spacial score (nSPS) is 11.1. The SMILES string of the molecule is c1ccc(-c2nnn(-c3ncnc4sc(-c5ccccc5)cc34)n2)cc1. The fraction of sp³-hybridized carbons (Fsp3) is 0. The summed E-state index contributed by atoms with van der Waals surface area (Å²) in [4.78, 5) is 12.3. The highest BCUT2D eigenvalue weighted by atomic mass is 32.1. The van der Waals surface area contributed by atoms with Crippen LogP contribution in [0.4, 0.5) is 0 Å². The molecule has 6 nitrogen and oxygen atoms in total. The Kier molecular flexibility index (Phi) is 3.50. The van der Waals surface area contributed by atoms with E-state index in [4.69, 9.17) is 0 Å². The van der Waals surface area contributed by atoms with E-state index in [0.29, 0.717) is 11.6 Å². The number of rotatable bonds is 3. The summed E-state index contributed by atoms with van der Waals surface area (Å²) < 4.78 is 0. The molecular formula is C19H12N6S. The zero-order valence-electron chi connectivity index (χ0n) is 13.5. The molecule has 7 heteroatoms. The molecule has 124 valence electrons. The Bertz CT molecular complexity index is 1180. The average molecular weight is 356 g/mol. The van der Waals surface area contributed by atoms with E-state index in [1.165, 1.54) is 11.1 Å². The molecule has 0 bridgehead atoms. The third-order valence-corrected chi connectivity index (χ3v) is 5.09. The van der Waals surface area contributed by atoms with Crippen molar-refractivity contribution in [2.45, 2.75) is 0 Å². The zero-order valence-corrected chi connectivity index (χ0v) is 14.3. The molecule has 5 rings (SSSR count). The van der Waals surface area contributed by atoms with Crippen molar-refractivity contribution in [3.05, 3.63) is 73.1 Å². The van der Waals surface area contributed by atoms with Gasteiger partial charge >= 0.3 is 0 Å². The molecule has 3 aromatic heterocycles. The molecule has 0 unspecified atom stereocenters. The number of hydrogen-bond acceptors (Lipinski definition) is 6. The van der Waals surface area contributed by atoms with Gasteiger partial charge in [-0.1, -0.05) is 60.7 Å². The lowest BCUT2D eigenvalue weighted by Gasteiger charge is -1.98. The van der Waals surface area contributed by atoms with Crippen molar-refractivity contribution >= 4 is 21.6 Å². The van der Waals surface area contributed by atoms with E-state index in [1.54, 1.807) is 11.3 Å². The largest absolute Gasteiger partial charge is 0.225 e. The molecule has 3 heterocycles. The van der Waals surface area contributed by atoms with E-state index in [-0.39, 0.29) is 0 Å². The third-order valence-electron chi connectivity index (χ3n) is 4.00. The molecule has 2 aromatic carbocycles. The van der Waals surface area contributed by atoms with Gasteiger partial charge in [0.05, 0.1) is 5.39 Å². The van der Waals surface area contributed by atoms with Crippen molar-refractivity contribution in [2.75, 3.05) is 0 Å². The van der Waals surface area contributed by atoms with Gasteiger partial charge in [0.1, 0.15) is 11.2 Å². The van der Waals surface area contributed by atoms with E-state index in [9.17, 15) is 0 Å². The highest BCUT2D eigenvalue weighted by Crippen LogP contribution is 2.34. The molecule has 26 heavy (non-hydrogen) atoms. The van der Waals surface area contributed by atoms with Crippen LogP contribution in [0.1, 0.15) is 0 Å². The molecule has 0 saturated heterocycles. The van der Waals surface area contributed by atoms with E-state index >= 15 is 0 Å². The molecule has 0 aliphatic carbocycles. The maximum Gasteiger partial charge on any atom is 0.205 e. The van der Waals surface area contributed by atoms with Gasteiger partial charge in [0.15, 0.2) is 5.82 Å². The first-order valence-corrected chi connectivity index (χ1v) is 8.86. The summed E-state index contributed by atoms with van der Waals surface area (Å²) in [6, 6.07) is 22.1. The number of thiophene rings is 1. The van der Waals surface area contributed by atoms with Crippen LogP contribution in [-0.2, 0) is 0 Å². The first-order chi connectivity index (χ1) is 12.9. The van der Waals surface area contributed by atoms with Crippen LogP contribution >= 0.6 is 11.3 Å². The lowest BCUT2D eigenvalue weighted by atomic mass is 10.2. The number of fused-ring (bicyclic) bond motifs is 1. The highest BCUT2D eigenvalue weighted by Gasteiger charge is 2.14. The Labute approximate surface area is 152 Å². The highest BCUT2D eigenvalue weighted by molar-refractivity contribution is 7.21. The second-order valence-corrected chi connectivity index (χ2v) is 6.69. The summed E-state index contributed by atoms with van der Waals surface area (Å²) in [5.74, 6) is 1.19. The van der Waals surface area contributed by atoms with Crippen LogP contribution in [0.25, 0.3) is 37.9 Å². The van der Waals surface area contributed by atoms with Crippen LogP contribution < -0.4 is 0 Å². The smallest absolute Gasteiger partial charge is 0.205 e. The van der Waals surface area contributed by atoms with Crippen molar-refractivity contribution in [1.29, 1.82) is 0 Å². The van der Waals surface area contributed by atoms with Gasteiger partial charge in [0.25, 0.3) is 0 Å². The summed E-state index contributed by atoms with van der Waals surface area (Å²) in [5, 5.41) is 13.7. The quantitative estimate of drug-likeness (QED) is 0.489. The maximum atomic E-state index is 4.49. The zero-order chi connectivity index (χ0) is 17.3. The minimum atomic E-state index is 0.566. The van der Waals surface area contributed by atoms with Crippen LogP contribution in [0.3, 0.4) is 0 Å². The number of nitrogens with zero attached hydrogens (tertiary/aromatic N) is 6. The minimum Gasteiger partial charge on any atom is -0.225 e. The first kappa shape index (κ1) is 14.9. The number of benzene rings is 2. The number of aromatic nitrogens is 6. The molecule has 0 N–H and O–H groups in total. The summed E-state index contributed by atoms with van der Waals surface area (Å²) in [6.07, 6.45) is 1.54. The van der Waals surface area contributed by atoms with Crippen molar-refractivity contribution in [1.82, 2.24) is 30.2 Å². The number of tetrazole rings is 1. The lowest BCUT2D eigenvalue weighted by molar-refractivity contribution is 0.705. The van der Waals surface area contributed by atoms with Crippen molar-refractivity contribution in [3.8, 4) is 27.6 Å². The van der Waals surface area contributed by atoms with Gasteiger partial charge < -0.3 is 0 Å². The van der Waals surface area contributed by atoms with Gasteiger partial charge in [-0.25, -0.2) is 9.97 Å². The topological polar surface area (TPSA) is 69.4 Å². The van der Waals surface area contributed by atoms with Crippen LogP contribution in [0.2, 0.25) is 0 Å². The second kappa shape index (κ2) is 6.12. The van der Waals surface area contributed by atoms with Gasteiger partial charge in [0, 0.05) is 10.4 Å². The van der Waals surface area contributed by atoms with E-state index in [2.05, 4.69) is 43.6 Å². The first-order valence-electron chi connectivity index (χ1n) is 8.04. The predicted molar refractivity (Wildman–Crippen MR) is 101 cm³/mol. The predicted octanol–water partition coefficient (Wildman–Crippen LogP) is 4.00. The Morgan fingerprint density at radius 3 is 2.31 bits per heavy atom. The van der Waals surface area contributed by atoms with Crippen molar-refractivity contribution in [2.24, 2.45) is 0 Å². The number of hydrogen-bond donors (Lipinski definition) is 0. The van der Waals surface area contributed by atoms with Gasteiger partial charge in [0.2, 0.25) is 5.82 Å². The Balaban J connectivity index is 1.62. The molecule has 0 amide bonds. The van der Waals surface area contributed by atoms with Crippen LogP contribution in [-0.4, -0.2) is 30.2 Å². The van der Waals surface area contributed by atoms with Crippen LogP contribution in [0.5, 0.6) is 0 Å². The summed E-state index contributed by atoms with van der Waals surface area (Å²) in [5.41, 5.74) is 2.07. The second-order valence-electron chi connectivity index (χ2n) is 5.66. The molecule has 0 saturated carbocycles. The van der Waals surface area contributed by atoms with Crippen molar-refractivity contribution < 1.29 is 0 Å². The summed E-state index contributed by atoms with van der Waals surface area (Å²) in [6.45, 7) is 0. The molecule has 0 atom stereocenters. The van der Waals surface area contributed by atoms with E-state index < -0.39 is 0 Å². The third kappa shape index (κ3) is 2.55. The lowest BCUT2D eigenvalue weighted by Crippen LogP contribution is -2.02. The summed E-state index contributed by atoms with van der Waals surface area (Å²) >= 11 is 1.62. The molecule has 0 spiro atoms. The Morgan fingerprint density at radius 2 is 1.54 bits per heavy atom. The molecule has 0 aliphatic rings. The van der Waals surface area contributed by atoms with Gasteiger partial charge in [-0.15, -0.1) is 26.3 Å². The molecule has 0 radical (unpaired) electrons. The fourth-order valence-electron chi connectivity index (χ4n) is 2.75. The van der Waals surface area contributed by atoms with E-state index in [0.717, 1.165) is 26.2 Å². The molecule has 0 aliphatic heterocycles. The average Bonchev–Trinajstić information content (AvgIpc) is 3.36. The fourth-order valence-corrected chi connectivity index (χ4v) is 3.75. The van der Waals surface area contributed by atoms with Crippen LogP contribution in [0.15, 0.2) is 73.1 Å². The monoisotopic (exact) mass is 356 g/mol. The maximum absolute atomic E-state index is 4.49. The van der Waals surface area contributed by atoms with Crippen molar-refractivity contribution in [3.63, 3.8) is 0 Å². The Morgan fingerprint density at radius 1 is 0.808 bits per heavy atom. The molecular weight excluding hydrogens is 344 g/mol. The Hall–Kier alpha value is -3.45. The summed E-state index contributed by atoms with van der Waals surface area (Å²) in [7, 11) is 0. The van der Waals surface area contributed by atoms with Gasteiger partial charge in [-0.3, -0.25) is 0 Å². The van der Waals surface area contributed by atoms with Gasteiger partial charge in [-0.05, 0) is 16.8 Å². The minimum absolute atomic E-state index is 0.566. The molecule has 5 aromatic rings. The van der Waals surface area contributed by atoms with E-state index in [1.807, 2.05) is 48.5 Å². The van der Waals surface area contributed by atoms with Gasteiger partial charge in [-0.2, -0.15) is 0 Å². The standard InChI is InChI=1S/C19H12N6S/c1-3-7-13(8-4-1)16-11-15-18(20-12-21-19(15)26-16)25-23-17(22-24-25)14-9-5-2-6-10-14/h1-12H.